The third kappa shape index (κ3) is 6.00. The number of anilines is 1. The number of rotatable bonds is 5. The van der Waals surface area contributed by atoms with Crippen molar-refractivity contribution in [3.05, 3.63) is 98.5 Å². The second kappa shape index (κ2) is 11.3. The van der Waals surface area contributed by atoms with Crippen molar-refractivity contribution in [2.45, 2.75) is 50.8 Å². The normalized spacial score (nSPS) is 22.8. The molecule has 39 heavy (non-hydrogen) atoms. The fourth-order valence-corrected chi connectivity index (χ4v) is 5.64. The Morgan fingerprint density at radius 1 is 1.08 bits per heavy atom. The van der Waals surface area contributed by atoms with E-state index in [1.165, 1.54) is 30.3 Å². The molecule has 1 fully saturated rings. The molecule has 1 aliphatic rings. The lowest BCUT2D eigenvalue weighted by molar-refractivity contribution is 0.0851. The second-order valence-electron chi connectivity index (χ2n) is 10.7. The summed E-state index contributed by atoms with van der Waals surface area (Å²) in [5, 5.41) is 17.1. The van der Waals surface area contributed by atoms with Gasteiger partial charge in [0.05, 0.1) is 17.0 Å². The molecule has 4 atom stereocenters. The summed E-state index contributed by atoms with van der Waals surface area (Å²) in [5.74, 6) is -2.70. The first-order chi connectivity index (χ1) is 18.4. The lowest BCUT2D eigenvalue weighted by Crippen LogP contribution is -2.44. The van der Waals surface area contributed by atoms with Crippen molar-refractivity contribution >= 4 is 46.6 Å². The van der Waals surface area contributed by atoms with Crippen LogP contribution in [0.25, 0.3) is 0 Å². The maximum absolute atomic E-state index is 15.6. The van der Waals surface area contributed by atoms with Gasteiger partial charge in [0, 0.05) is 27.3 Å². The molecule has 1 amide bonds. The monoisotopic (exact) mass is 591 g/mol. The van der Waals surface area contributed by atoms with Crippen molar-refractivity contribution < 1.29 is 18.3 Å². The minimum absolute atomic E-state index is 0.00438. The highest BCUT2D eigenvalue weighted by Crippen LogP contribution is 2.53. The van der Waals surface area contributed by atoms with Crippen LogP contribution in [0, 0.1) is 28.4 Å². The van der Waals surface area contributed by atoms with Gasteiger partial charge in [-0.1, -0.05) is 73.8 Å². The standard InChI is InChI=1S/C29H26Cl3F2N3O2/c1-28(2,3)14-23-29(15-35,20-12-9-17(31)13-22(20)33)24(19-5-4-6-21(32)25(19)34)26(37-23)39-27(38)36-18-10-7-16(30)8-11-18/h4-13,23-24,26,37H,14H2,1-3H3,(H,36,38)/t23-,24?,26+,29?/m0/s1. The molecule has 0 saturated carbocycles. The highest BCUT2D eigenvalue weighted by atomic mass is 35.5. The number of hydrogen-bond acceptors (Lipinski definition) is 4. The zero-order valence-electron chi connectivity index (χ0n) is 21.4. The van der Waals surface area contributed by atoms with Crippen LogP contribution in [-0.4, -0.2) is 18.4 Å². The van der Waals surface area contributed by atoms with Gasteiger partial charge in [-0.15, -0.1) is 0 Å². The Bertz CT molecular complexity index is 1420. The smallest absolute Gasteiger partial charge is 0.413 e. The third-order valence-corrected chi connectivity index (χ3v) is 7.51. The van der Waals surface area contributed by atoms with Gasteiger partial charge in [0.25, 0.3) is 0 Å². The van der Waals surface area contributed by atoms with Crippen molar-refractivity contribution in [2.75, 3.05) is 5.32 Å². The van der Waals surface area contributed by atoms with Gasteiger partial charge in [-0.3, -0.25) is 10.6 Å². The molecule has 2 unspecified atom stereocenters. The van der Waals surface area contributed by atoms with Crippen molar-refractivity contribution in [1.82, 2.24) is 5.32 Å². The van der Waals surface area contributed by atoms with E-state index >= 15 is 8.78 Å². The second-order valence-corrected chi connectivity index (χ2v) is 11.9. The van der Waals surface area contributed by atoms with Gasteiger partial charge < -0.3 is 4.74 Å². The summed E-state index contributed by atoms with van der Waals surface area (Å²) in [6, 6.07) is 16.3. The summed E-state index contributed by atoms with van der Waals surface area (Å²) in [4.78, 5) is 13.0. The van der Waals surface area contributed by atoms with Crippen LogP contribution in [0.2, 0.25) is 15.1 Å². The molecule has 3 aromatic carbocycles. The minimum Gasteiger partial charge on any atom is -0.429 e. The zero-order chi connectivity index (χ0) is 28.5. The molecule has 1 saturated heterocycles. The van der Waals surface area contributed by atoms with Crippen LogP contribution in [0.4, 0.5) is 19.3 Å². The maximum atomic E-state index is 15.6. The Kier molecular flexibility index (Phi) is 8.44. The van der Waals surface area contributed by atoms with Crippen molar-refractivity contribution in [2.24, 2.45) is 5.41 Å². The molecule has 0 aromatic heterocycles. The fraction of sp³-hybridized carbons (Fsp3) is 0.310. The zero-order valence-corrected chi connectivity index (χ0v) is 23.6. The first kappa shape index (κ1) is 29.1. The molecule has 3 aromatic rings. The van der Waals surface area contributed by atoms with Gasteiger partial charge >= 0.3 is 6.09 Å². The summed E-state index contributed by atoms with van der Waals surface area (Å²) in [6.45, 7) is 5.89. The van der Waals surface area contributed by atoms with Gasteiger partial charge in [-0.25, -0.2) is 13.6 Å². The Morgan fingerprint density at radius 3 is 2.36 bits per heavy atom. The topological polar surface area (TPSA) is 74.2 Å². The van der Waals surface area contributed by atoms with Gasteiger partial charge in [-0.2, -0.15) is 5.26 Å². The summed E-state index contributed by atoms with van der Waals surface area (Å²) in [7, 11) is 0. The lowest BCUT2D eigenvalue weighted by Gasteiger charge is -2.37. The van der Waals surface area contributed by atoms with E-state index in [0.717, 1.165) is 6.07 Å². The fourth-order valence-electron chi connectivity index (χ4n) is 5.17. The molecule has 0 radical (unpaired) electrons. The molecule has 5 nitrogen and oxygen atoms in total. The SMILES string of the molecule is CC(C)(C)C[C@@H]1N[C@H](OC(=O)Nc2ccc(Cl)cc2)C(c2cccc(Cl)c2F)C1(C#N)c1ccc(Cl)cc1F. The molecule has 0 aliphatic carbocycles. The van der Waals surface area contributed by atoms with Crippen LogP contribution < -0.4 is 10.6 Å². The van der Waals surface area contributed by atoms with Crippen molar-refractivity contribution in [3.8, 4) is 6.07 Å². The highest BCUT2D eigenvalue weighted by Gasteiger charge is 2.61. The molecule has 1 heterocycles. The number of nitriles is 1. The summed E-state index contributed by atoms with van der Waals surface area (Å²) >= 11 is 18.1. The highest BCUT2D eigenvalue weighted by molar-refractivity contribution is 6.31. The quantitative estimate of drug-likeness (QED) is 0.312. The average molecular weight is 593 g/mol. The van der Waals surface area contributed by atoms with Crippen LogP contribution in [-0.2, 0) is 10.2 Å². The van der Waals surface area contributed by atoms with Gasteiger partial charge in [0.1, 0.15) is 17.0 Å². The number of carbonyl (C=O) groups excluding carboxylic acids is 1. The molecule has 204 valence electrons. The average Bonchev–Trinajstić information content (AvgIpc) is 3.13. The molecule has 0 bridgehead atoms. The Hall–Kier alpha value is -2.89. The molecule has 0 spiro atoms. The Morgan fingerprint density at radius 2 is 1.74 bits per heavy atom. The minimum atomic E-state index is -1.71. The Labute approximate surface area is 241 Å². The van der Waals surface area contributed by atoms with E-state index in [1.807, 2.05) is 20.8 Å². The molecular formula is C29H26Cl3F2N3O2. The lowest BCUT2D eigenvalue weighted by atomic mass is 9.63. The van der Waals surface area contributed by atoms with E-state index in [4.69, 9.17) is 39.5 Å². The first-order valence-electron chi connectivity index (χ1n) is 12.2. The third-order valence-electron chi connectivity index (χ3n) is 6.73. The van der Waals surface area contributed by atoms with Gasteiger partial charge in [0.15, 0.2) is 6.23 Å². The van der Waals surface area contributed by atoms with Crippen molar-refractivity contribution in [1.29, 1.82) is 5.26 Å². The van der Waals surface area contributed by atoms with E-state index in [2.05, 4.69) is 16.7 Å². The number of nitrogens with one attached hydrogen (secondary N) is 2. The van der Waals surface area contributed by atoms with Crippen LogP contribution in [0.3, 0.4) is 0 Å². The largest absolute Gasteiger partial charge is 0.429 e. The number of amides is 1. The summed E-state index contributed by atoms with van der Waals surface area (Å²) in [6.07, 6.45) is -1.73. The van der Waals surface area contributed by atoms with E-state index in [0.29, 0.717) is 17.1 Å². The van der Waals surface area contributed by atoms with Crippen molar-refractivity contribution in [3.63, 3.8) is 0 Å². The molecule has 4 rings (SSSR count). The van der Waals surface area contributed by atoms with E-state index in [1.54, 1.807) is 24.3 Å². The Balaban J connectivity index is 1.88. The predicted octanol–water partition coefficient (Wildman–Crippen LogP) is 8.45. The molecule has 1 aliphatic heterocycles. The summed E-state index contributed by atoms with van der Waals surface area (Å²) < 4.78 is 37.0. The number of ether oxygens (including phenoxy) is 1. The number of hydrogen-bond donors (Lipinski definition) is 2. The molecule has 10 heteroatoms. The van der Waals surface area contributed by atoms with E-state index in [9.17, 15) is 10.1 Å². The van der Waals surface area contributed by atoms with Crippen LogP contribution >= 0.6 is 34.8 Å². The van der Waals surface area contributed by atoms with Gasteiger partial charge in [0.2, 0.25) is 0 Å². The maximum Gasteiger partial charge on any atom is 0.413 e. The van der Waals surface area contributed by atoms with Crippen LogP contribution in [0.1, 0.15) is 44.2 Å². The van der Waals surface area contributed by atoms with E-state index < -0.39 is 41.3 Å². The number of benzene rings is 3. The predicted molar refractivity (Wildman–Crippen MR) is 149 cm³/mol. The van der Waals surface area contributed by atoms with Crippen LogP contribution in [0.15, 0.2) is 60.7 Å². The number of halogens is 5. The van der Waals surface area contributed by atoms with Gasteiger partial charge in [-0.05, 0) is 59.9 Å². The van der Waals surface area contributed by atoms with Crippen LogP contribution in [0.5, 0.6) is 0 Å². The first-order valence-corrected chi connectivity index (χ1v) is 13.3. The number of carbonyl (C=O) groups is 1. The summed E-state index contributed by atoms with van der Waals surface area (Å²) in [5.41, 5.74) is -1.63. The number of nitrogens with zero attached hydrogens (tertiary/aromatic N) is 1. The molecular weight excluding hydrogens is 567 g/mol. The van der Waals surface area contributed by atoms with E-state index in [-0.39, 0.29) is 26.6 Å². The molecule has 2 N–H and O–H groups in total.